The number of unbranched alkanes of at least 4 members (excludes halogenated alkanes) is 2. The van der Waals surface area contributed by atoms with E-state index < -0.39 is 0 Å². The molecular formula is C16H24ClN5O2. The zero-order chi connectivity index (χ0) is 17.7. The fourth-order valence-electron chi connectivity index (χ4n) is 2.60. The number of hydrogen-bond donors (Lipinski definition) is 2. The minimum absolute atomic E-state index is 0.101. The Morgan fingerprint density at radius 1 is 1.42 bits per heavy atom. The second kappa shape index (κ2) is 8.30. The molecule has 24 heavy (non-hydrogen) atoms. The Morgan fingerprint density at radius 2 is 2.17 bits per heavy atom. The number of carbonyl (C=O) groups is 1. The second-order valence-electron chi connectivity index (χ2n) is 6.09. The van der Waals surface area contributed by atoms with Gasteiger partial charge in [-0.25, -0.2) is 9.78 Å². The summed E-state index contributed by atoms with van der Waals surface area (Å²) in [5.74, 6) is -0.101. The van der Waals surface area contributed by atoms with Gasteiger partial charge in [0.15, 0.2) is 5.65 Å². The summed E-state index contributed by atoms with van der Waals surface area (Å²) in [7, 11) is 3.66. The van der Waals surface area contributed by atoms with E-state index in [0.717, 1.165) is 19.3 Å². The first-order chi connectivity index (χ1) is 11.4. The first-order valence-electron chi connectivity index (χ1n) is 8.11. The molecule has 2 rings (SSSR count). The third-order valence-corrected chi connectivity index (χ3v) is 4.08. The molecule has 2 heterocycles. The van der Waals surface area contributed by atoms with Crippen molar-refractivity contribution in [2.24, 2.45) is 0 Å². The normalized spacial score (nSPS) is 11.4. The zero-order valence-corrected chi connectivity index (χ0v) is 15.1. The summed E-state index contributed by atoms with van der Waals surface area (Å²) in [5.41, 5.74) is 1.69. The predicted octanol–water partition coefficient (Wildman–Crippen LogP) is 1.75. The molecule has 2 aromatic heterocycles. The van der Waals surface area contributed by atoms with E-state index in [9.17, 15) is 9.59 Å². The van der Waals surface area contributed by atoms with Crippen molar-refractivity contribution in [2.75, 3.05) is 20.6 Å². The second-order valence-corrected chi connectivity index (χ2v) is 6.49. The number of aromatic nitrogens is 3. The van der Waals surface area contributed by atoms with Crippen LogP contribution in [0.25, 0.3) is 11.2 Å². The Morgan fingerprint density at radius 3 is 2.83 bits per heavy atom. The molecule has 0 saturated carbocycles. The molecule has 0 atom stereocenters. The van der Waals surface area contributed by atoms with E-state index >= 15 is 0 Å². The summed E-state index contributed by atoms with van der Waals surface area (Å²) in [5, 5.41) is 3.29. The van der Waals surface area contributed by atoms with E-state index in [4.69, 9.17) is 11.6 Å². The van der Waals surface area contributed by atoms with E-state index in [1.807, 2.05) is 14.1 Å². The van der Waals surface area contributed by atoms with Gasteiger partial charge in [-0.3, -0.25) is 14.3 Å². The number of carbonyl (C=O) groups excluding carboxylic acids is 1. The number of nitrogens with one attached hydrogen (secondary N) is 2. The molecule has 0 fully saturated rings. The Balaban J connectivity index is 2.31. The van der Waals surface area contributed by atoms with Gasteiger partial charge in [-0.05, 0) is 20.5 Å². The van der Waals surface area contributed by atoms with Crippen molar-refractivity contribution in [3.8, 4) is 0 Å². The van der Waals surface area contributed by atoms with Crippen LogP contribution in [0.15, 0.2) is 11.0 Å². The number of hydrogen-bond acceptors (Lipinski definition) is 4. The molecule has 7 nitrogen and oxygen atoms in total. The maximum atomic E-state index is 12.2. The third-order valence-electron chi connectivity index (χ3n) is 3.75. The quantitative estimate of drug-likeness (QED) is 0.708. The van der Waals surface area contributed by atoms with Gasteiger partial charge in [-0.15, -0.1) is 0 Å². The number of nitrogens with zero attached hydrogens (tertiary/aromatic N) is 3. The van der Waals surface area contributed by atoms with Crippen LogP contribution in [-0.4, -0.2) is 46.0 Å². The van der Waals surface area contributed by atoms with Crippen LogP contribution < -0.4 is 11.0 Å². The van der Waals surface area contributed by atoms with E-state index in [0.29, 0.717) is 34.8 Å². The number of aromatic amines is 1. The smallest absolute Gasteiger partial charge is 0.327 e. The summed E-state index contributed by atoms with van der Waals surface area (Å²) in [6.45, 7) is 3.27. The van der Waals surface area contributed by atoms with Crippen LogP contribution in [0.2, 0.25) is 5.02 Å². The first-order valence-corrected chi connectivity index (χ1v) is 8.49. The van der Waals surface area contributed by atoms with E-state index in [1.54, 1.807) is 9.47 Å². The maximum absolute atomic E-state index is 12.2. The summed E-state index contributed by atoms with van der Waals surface area (Å²) in [6, 6.07) is 0. The largest absolute Gasteiger partial charge is 0.351 e. The fraction of sp³-hybridized carbons (Fsp3) is 0.562. The summed E-state index contributed by atoms with van der Waals surface area (Å²) in [4.78, 5) is 32.8. The lowest BCUT2D eigenvalue weighted by Gasteiger charge is -2.12. The van der Waals surface area contributed by atoms with Crippen molar-refractivity contribution in [3.63, 3.8) is 0 Å². The number of H-pyrrole nitrogens is 1. The predicted molar refractivity (Wildman–Crippen MR) is 95.3 cm³/mol. The number of rotatable bonds is 8. The molecule has 0 unspecified atom stereocenters. The van der Waals surface area contributed by atoms with Crippen molar-refractivity contribution >= 4 is 28.7 Å². The van der Waals surface area contributed by atoms with Crippen LogP contribution in [0.3, 0.4) is 0 Å². The van der Waals surface area contributed by atoms with Crippen LogP contribution in [0.5, 0.6) is 0 Å². The summed E-state index contributed by atoms with van der Waals surface area (Å²) < 4.78 is 1.66. The lowest BCUT2D eigenvalue weighted by molar-refractivity contribution is -0.121. The highest BCUT2D eigenvalue weighted by atomic mass is 35.5. The van der Waals surface area contributed by atoms with Crippen molar-refractivity contribution in [2.45, 2.75) is 39.3 Å². The molecule has 0 aliphatic heterocycles. The number of pyridine rings is 1. The molecule has 0 saturated heterocycles. The molecule has 0 spiro atoms. The first kappa shape index (κ1) is 18.5. The number of fused-ring (bicyclic) bond motifs is 1. The molecule has 0 aliphatic carbocycles. The molecule has 0 aliphatic rings. The van der Waals surface area contributed by atoms with Crippen molar-refractivity contribution < 1.29 is 4.79 Å². The monoisotopic (exact) mass is 353 g/mol. The zero-order valence-electron chi connectivity index (χ0n) is 14.4. The van der Waals surface area contributed by atoms with Crippen LogP contribution in [-0.2, 0) is 17.9 Å². The molecule has 2 aromatic rings. The average Bonchev–Trinajstić information content (AvgIpc) is 2.82. The van der Waals surface area contributed by atoms with Gasteiger partial charge >= 0.3 is 5.69 Å². The number of amides is 1. The van der Waals surface area contributed by atoms with Crippen LogP contribution >= 0.6 is 11.6 Å². The average molecular weight is 354 g/mol. The van der Waals surface area contributed by atoms with Gasteiger partial charge in [0.2, 0.25) is 5.91 Å². The number of imidazole rings is 1. The summed E-state index contributed by atoms with van der Waals surface area (Å²) >= 11 is 6.28. The van der Waals surface area contributed by atoms with Crippen molar-refractivity contribution in [1.82, 2.24) is 24.8 Å². The lowest BCUT2D eigenvalue weighted by Crippen LogP contribution is -2.33. The van der Waals surface area contributed by atoms with Crippen LogP contribution in [0, 0.1) is 0 Å². The Kier molecular flexibility index (Phi) is 6.39. The molecule has 2 N–H and O–H groups in total. The van der Waals surface area contributed by atoms with Gasteiger partial charge in [0.25, 0.3) is 0 Å². The molecule has 0 bridgehead atoms. The Labute approximate surface area is 146 Å². The van der Waals surface area contributed by atoms with E-state index in [2.05, 4.69) is 22.2 Å². The summed E-state index contributed by atoms with van der Waals surface area (Å²) in [6.07, 6.45) is 4.53. The van der Waals surface area contributed by atoms with Crippen LogP contribution in [0.1, 0.15) is 31.7 Å². The third kappa shape index (κ3) is 4.36. The number of likely N-dealkylation sites (N-methyl/N-ethyl adjacent to an activating group) is 1. The Hall–Kier alpha value is -1.86. The highest BCUT2D eigenvalue weighted by Gasteiger charge is 2.16. The van der Waals surface area contributed by atoms with Gasteiger partial charge in [0, 0.05) is 24.8 Å². The molecule has 8 heteroatoms. The highest BCUT2D eigenvalue weighted by Crippen LogP contribution is 2.23. The minimum Gasteiger partial charge on any atom is -0.351 e. The van der Waals surface area contributed by atoms with Gasteiger partial charge in [-0.1, -0.05) is 31.4 Å². The molecule has 1 amide bonds. The van der Waals surface area contributed by atoms with E-state index in [1.165, 1.54) is 6.20 Å². The van der Waals surface area contributed by atoms with Gasteiger partial charge in [0.1, 0.15) is 0 Å². The minimum atomic E-state index is -0.197. The molecular weight excluding hydrogens is 330 g/mol. The fourth-order valence-corrected chi connectivity index (χ4v) is 2.81. The van der Waals surface area contributed by atoms with Gasteiger partial charge < -0.3 is 10.2 Å². The number of halogens is 1. The lowest BCUT2D eigenvalue weighted by atomic mass is 10.2. The van der Waals surface area contributed by atoms with E-state index in [-0.39, 0.29) is 18.1 Å². The number of aryl methyl sites for hydroxylation is 1. The topological polar surface area (TPSA) is 83.0 Å². The molecule has 0 radical (unpaired) electrons. The van der Waals surface area contributed by atoms with Crippen molar-refractivity contribution in [1.29, 1.82) is 0 Å². The molecule has 132 valence electrons. The van der Waals surface area contributed by atoms with Crippen molar-refractivity contribution in [3.05, 3.63) is 27.3 Å². The van der Waals surface area contributed by atoms with Crippen LogP contribution in [0.4, 0.5) is 0 Å². The Bertz CT molecular complexity index is 766. The molecule has 0 aromatic carbocycles. The SMILES string of the molecule is CCCCCn1c(=O)[nH]c2ncc(Cl)c(CNC(=O)CN(C)C)c21. The highest BCUT2D eigenvalue weighted by molar-refractivity contribution is 6.32. The van der Waals surface area contributed by atoms with Gasteiger partial charge in [-0.2, -0.15) is 0 Å². The maximum Gasteiger partial charge on any atom is 0.327 e. The standard InChI is InChI=1S/C16H24ClN5O2/c1-4-5-6-7-22-14-11(8-18-13(23)10-21(2)3)12(17)9-19-15(14)20-16(22)24/h9H,4-8,10H2,1-3H3,(H,18,23)(H,19,20,24). The van der Waals surface area contributed by atoms with Gasteiger partial charge in [0.05, 0.1) is 17.1 Å².